The van der Waals surface area contributed by atoms with E-state index in [-0.39, 0.29) is 0 Å². The zero-order valence-electron chi connectivity index (χ0n) is 12.3. The standard InChI is InChI=1S/C16H27N/c1-7-12(3)11-15-14(8-2)13(4)9-10-16(15)17(5)6/h9-10,12H,7-8,11H2,1-6H3. The zero-order chi connectivity index (χ0) is 13.0. The fraction of sp³-hybridized carbons (Fsp3) is 0.625. The maximum absolute atomic E-state index is 2.35. The summed E-state index contributed by atoms with van der Waals surface area (Å²) >= 11 is 0. The van der Waals surface area contributed by atoms with E-state index >= 15 is 0 Å². The van der Waals surface area contributed by atoms with Gasteiger partial charge in [0.05, 0.1) is 0 Å². The van der Waals surface area contributed by atoms with E-state index in [4.69, 9.17) is 0 Å². The van der Waals surface area contributed by atoms with Gasteiger partial charge in [0.25, 0.3) is 0 Å². The Morgan fingerprint density at radius 1 is 1.12 bits per heavy atom. The molecule has 1 nitrogen and oxygen atoms in total. The highest BCUT2D eigenvalue weighted by molar-refractivity contribution is 5.58. The van der Waals surface area contributed by atoms with E-state index in [2.05, 4.69) is 58.8 Å². The van der Waals surface area contributed by atoms with Gasteiger partial charge in [0.2, 0.25) is 0 Å². The lowest BCUT2D eigenvalue weighted by Crippen LogP contribution is -2.15. The van der Waals surface area contributed by atoms with Gasteiger partial charge >= 0.3 is 0 Å². The van der Waals surface area contributed by atoms with E-state index in [1.165, 1.54) is 24.1 Å². The largest absolute Gasteiger partial charge is 0.377 e. The molecule has 0 heterocycles. The Kier molecular flexibility index (Phi) is 5.04. The maximum Gasteiger partial charge on any atom is 0.0396 e. The minimum absolute atomic E-state index is 0.765. The lowest BCUT2D eigenvalue weighted by molar-refractivity contribution is 0.557. The number of anilines is 1. The van der Waals surface area contributed by atoms with Crippen molar-refractivity contribution in [1.82, 2.24) is 0 Å². The van der Waals surface area contributed by atoms with Crippen LogP contribution in [0, 0.1) is 12.8 Å². The summed E-state index contributed by atoms with van der Waals surface area (Å²) in [5.41, 5.74) is 5.95. The molecular formula is C16H27N. The van der Waals surface area contributed by atoms with Crippen molar-refractivity contribution in [2.24, 2.45) is 5.92 Å². The Balaban J connectivity index is 3.23. The van der Waals surface area contributed by atoms with Gasteiger partial charge in [-0.15, -0.1) is 0 Å². The Labute approximate surface area is 107 Å². The molecule has 0 aliphatic rings. The SMILES string of the molecule is CCc1c(C)ccc(N(C)C)c1CC(C)CC. The van der Waals surface area contributed by atoms with E-state index in [9.17, 15) is 0 Å². The summed E-state index contributed by atoms with van der Waals surface area (Å²) in [6.45, 7) is 9.13. The zero-order valence-corrected chi connectivity index (χ0v) is 12.3. The second-order valence-corrected chi connectivity index (χ2v) is 5.32. The highest BCUT2D eigenvalue weighted by Crippen LogP contribution is 2.29. The molecule has 1 atom stereocenters. The maximum atomic E-state index is 2.35. The molecule has 96 valence electrons. The molecule has 17 heavy (non-hydrogen) atoms. The Hall–Kier alpha value is -0.980. The van der Waals surface area contributed by atoms with Gasteiger partial charge in [-0.05, 0) is 48.4 Å². The van der Waals surface area contributed by atoms with Gasteiger partial charge in [0.15, 0.2) is 0 Å². The molecule has 0 aliphatic carbocycles. The van der Waals surface area contributed by atoms with Crippen molar-refractivity contribution >= 4 is 5.69 Å². The normalized spacial score (nSPS) is 12.6. The van der Waals surface area contributed by atoms with Crippen LogP contribution >= 0.6 is 0 Å². The monoisotopic (exact) mass is 233 g/mol. The first-order valence-electron chi connectivity index (χ1n) is 6.79. The Morgan fingerprint density at radius 2 is 1.76 bits per heavy atom. The average Bonchev–Trinajstić information content (AvgIpc) is 2.28. The highest BCUT2D eigenvalue weighted by atomic mass is 15.1. The van der Waals surface area contributed by atoms with Crippen LogP contribution in [-0.2, 0) is 12.8 Å². The number of aryl methyl sites for hydroxylation is 1. The van der Waals surface area contributed by atoms with Crippen LogP contribution in [0.2, 0.25) is 0 Å². The van der Waals surface area contributed by atoms with Crippen LogP contribution in [0.5, 0.6) is 0 Å². The summed E-state index contributed by atoms with van der Waals surface area (Å²) in [5, 5.41) is 0. The highest BCUT2D eigenvalue weighted by Gasteiger charge is 2.13. The number of hydrogen-bond donors (Lipinski definition) is 0. The van der Waals surface area contributed by atoms with E-state index in [1.54, 1.807) is 11.1 Å². The number of nitrogens with zero attached hydrogens (tertiary/aromatic N) is 1. The van der Waals surface area contributed by atoms with Gasteiger partial charge in [-0.1, -0.05) is 33.3 Å². The summed E-state index contributed by atoms with van der Waals surface area (Å²) in [7, 11) is 4.29. The molecule has 1 aromatic carbocycles. The fourth-order valence-corrected chi connectivity index (χ4v) is 2.43. The molecular weight excluding hydrogens is 206 g/mol. The van der Waals surface area contributed by atoms with Crippen LogP contribution in [0.4, 0.5) is 5.69 Å². The van der Waals surface area contributed by atoms with E-state index < -0.39 is 0 Å². The van der Waals surface area contributed by atoms with Crippen molar-refractivity contribution in [3.63, 3.8) is 0 Å². The summed E-state index contributed by atoms with van der Waals surface area (Å²) in [4.78, 5) is 2.25. The van der Waals surface area contributed by atoms with Crippen molar-refractivity contribution < 1.29 is 0 Å². The van der Waals surface area contributed by atoms with Crippen molar-refractivity contribution in [3.8, 4) is 0 Å². The fourth-order valence-electron chi connectivity index (χ4n) is 2.43. The van der Waals surface area contributed by atoms with Gasteiger partial charge in [0, 0.05) is 19.8 Å². The minimum atomic E-state index is 0.765. The smallest absolute Gasteiger partial charge is 0.0396 e. The number of hydrogen-bond acceptors (Lipinski definition) is 1. The Bertz CT molecular complexity index is 366. The quantitative estimate of drug-likeness (QED) is 0.736. The third kappa shape index (κ3) is 3.24. The number of benzene rings is 1. The first-order valence-corrected chi connectivity index (χ1v) is 6.79. The summed E-state index contributed by atoms with van der Waals surface area (Å²) in [6.07, 6.45) is 3.60. The molecule has 0 amide bonds. The lowest BCUT2D eigenvalue weighted by Gasteiger charge is -2.23. The van der Waals surface area contributed by atoms with E-state index in [0.29, 0.717) is 0 Å². The topological polar surface area (TPSA) is 3.24 Å². The van der Waals surface area contributed by atoms with Crippen molar-refractivity contribution in [1.29, 1.82) is 0 Å². The van der Waals surface area contributed by atoms with Gasteiger partial charge in [0.1, 0.15) is 0 Å². The van der Waals surface area contributed by atoms with Crippen LogP contribution in [0.15, 0.2) is 12.1 Å². The van der Waals surface area contributed by atoms with Crippen molar-refractivity contribution in [2.45, 2.75) is 47.0 Å². The van der Waals surface area contributed by atoms with E-state index in [0.717, 1.165) is 12.3 Å². The molecule has 1 rings (SSSR count). The second kappa shape index (κ2) is 6.09. The average molecular weight is 233 g/mol. The van der Waals surface area contributed by atoms with Crippen LogP contribution in [0.1, 0.15) is 43.9 Å². The van der Waals surface area contributed by atoms with Gasteiger partial charge in [-0.2, -0.15) is 0 Å². The van der Waals surface area contributed by atoms with Gasteiger partial charge < -0.3 is 4.90 Å². The van der Waals surface area contributed by atoms with Crippen LogP contribution in [-0.4, -0.2) is 14.1 Å². The van der Waals surface area contributed by atoms with Gasteiger partial charge in [-0.3, -0.25) is 0 Å². The van der Waals surface area contributed by atoms with E-state index in [1.807, 2.05) is 0 Å². The molecule has 0 bridgehead atoms. The number of rotatable bonds is 5. The molecule has 0 saturated heterocycles. The van der Waals surface area contributed by atoms with Crippen LogP contribution < -0.4 is 4.90 Å². The molecule has 1 aromatic rings. The lowest BCUT2D eigenvalue weighted by atomic mass is 9.90. The molecule has 0 aromatic heterocycles. The van der Waals surface area contributed by atoms with Crippen molar-refractivity contribution in [2.75, 3.05) is 19.0 Å². The predicted octanol–water partition coefficient (Wildman–Crippen LogP) is 4.21. The molecule has 0 spiro atoms. The minimum Gasteiger partial charge on any atom is -0.377 e. The van der Waals surface area contributed by atoms with Crippen LogP contribution in [0.3, 0.4) is 0 Å². The molecule has 0 radical (unpaired) electrons. The van der Waals surface area contributed by atoms with Gasteiger partial charge in [-0.25, -0.2) is 0 Å². The van der Waals surface area contributed by atoms with Crippen LogP contribution in [0.25, 0.3) is 0 Å². The predicted molar refractivity (Wildman–Crippen MR) is 78.0 cm³/mol. The summed E-state index contributed by atoms with van der Waals surface area (Å²) in [6, 6.07) is 4.53. The molecule has 0 N–H and O–H groups in total. The first-order chi connectivity index (χ1) is 8.01. The van der Waals surface area contributed by atoms with Crippen molar-refractivity contribution in [3.05, 3.63) is 28.8 Å². The molecule has 0 aliphatic heterocycles. The third-order valence-electron chi connectivity index (χ3n) is 3.73. The third-order valence-corrected chi connectivity index (χ3v) is 3.73. The first kappa shape index (κ1) is 14.1. The Morgan fingerprint density at radius 3 is 2.24 bits per heavy atom. The molecule has 0 saturated carbocycles. The summed E-state index contributed by atoms with van der Waals surface area (Å²) < 4.78 is 0. The molecule has 0 fully saturated rings. The molecule has 1 unspecified atom stereocenters. The second-order valence-electron chi connectivity index (χ2n) is 5.32. The molecule has 1 heteroatoms. The summed E-state index contributed by atoms with van der Waals surface area (Å²) in [5.74, 6) is 0.765.